The van der Waals surface area contributed by atoms with Crippen molar-refractivity contribution in [1.82, 2.24) is 19.8 Å². The van der Waals surface area contributed by atoms with Gasteiger partial charge in [-0.05, 0) is 58.2 Å². The smallest absolute Gasteiger partial charge is 0.113 e. The highest BCUT2D eigenvalue weighted by atomic mass is 35.5. The molecular formula is C16H23ClN4. The molecule has 4 nitrogen and oxygen atoms in total. The molecule has 114 valence electrons. The highest BCUT2D eigenvalue weighted by molar-refractivity contribution is 6.31. The Balaban J connectivity index is 2.00. The SMILES string of the molecule is CN(C)CCn1c(C2CCNCC2)nc2cc(Cl)ccc21. The quantitative estimate of drug-likeness (QED) is 0.943. The van der Waals surface area contributed by atoms with Gasteiger partial charge in [0.1, 0.15) is 5.82 Å². The average molecular weight is 307 g/mol. The predicted molar refractivity (Wildman–Crippen MR) is 88.1 cm³/mol. The van der Waals surface area contributed by atoms with Gasteiger partial charge in [-0.15, -0.1) is 0 Å². The predicted octanol–water partition coefficient (Wildman–Crippen LogP) is 2.72. The van der Waals surface area contributed by atoms with Crippen LogP contribution in [0.1, 0.15) is 24.6 Å². The molecular weight excluding hydrogens is 284 g/mol. The number of aromatic nitrogens is 2. The number of imidazole rings is 1. The molecule has 0 bridgehead atoms. The summed E-state index contributed by atoms with van der Waals surface area (Å²) in [4.78, 5) is 7.12. The Morgan fingerprint density at radius 2 is 2.10 bits per heavy atom. The van der Waals surface area contributed by atoms with E-state index in [0.29, 0.717) is 5.92 Å². The van der Waals surface area contributed by atoms with E-state index < -0.39 is 0 Å². The number of hydrogen-bond donors (Lipinski definition) is 1. The van der Waals surface area contributed by atoms with Gasteiger partial charge in [0.2, 0.25) is 0 Å². The van der Waals surface area contributed by atoms with Crippen LogP contribution < -0.4 is 5.32 Å². The third kappa shape index (κ3) is 3.23. The lowest BCUT2D eigenvalue weighted by Gasteiger charge is -2.23. The van der Waals surface area contributed by atoms with Crippen molar-refractivity contribution in [3.05, 3.63) is 29.0 Å². The van der Waals surface area contributed by atoms with Gasteiger partial charge in [0, 0.05) is 24.0 Å². The fraction of sp³-hybridized carbons (Fsp3) is 0.562. The zero-order valence-electron chi connectivity index (χ0n) is 12.8. The molecule has 0 atom stereocenters. The van der Waals surface area contributed by atoms with Gasteiger partial charge in [-0.1, -0.05) is 11.6 Å². The molecule has 3 rings (SSSR count). The van der Waals surface area contributed by atoms with Crippen molar-refractivity contribution in [1.29, 1.82) is 0 Å². The normalized spacial score (nSPS) is 17.0. The molecule has 0 radical (unpaired) electrons. The Morgan fingerprint density at radius 3 is 2.81 bits per heavy atom. The van der Waals surface area contributed by atoms with Gasteiger partial charge < -0.3 is 14.8 Å². The van der Waals surface area contributed by atoms with E-state index in [0.717, 1.165) is 36.7 Å². The molecule has 2 aromatic rings. The van der Waals surface area contributed by atoms with Crippen LogP contribution in [-0.2, 0) is 6.54 Å². The van der Waals surface area contributed by atoms with Crippen LogP contribution in [0.2, 0.25) is 5.02 Å². The van der Waals surface area contributed by atoms with E-state index in [4.69, 9.17) is 16.6 Å². The van der Waals surface area contributed by atoms with Crippen LogP contribution in [0.25, 0.3) is 11.0 Å². The number of nitrogens with zero attached hydrogens (tertiary/aromatic N) is 3. The summed E-state index contributed by atoms with van der Waals surface area (Å²) in [5.74, 6) is 1.79. The topological polar surface area (TPSA) is 33.1 Å². The first-order valence-electron chi connectivity index (χ1n) is 7.66. The maximum absolute atomic E-state index is 6.13. The third-order valence-corrected chi connectivity index (χ3v) is 4.45. The summed E-state index contributed by atoms with van der Waals surface area (Å²) in [6.07, 6.45) is 2.33. The Bertz CT molecular complexity index is 614. The van der Waals surface area contributed by atoms with E-state index in [1.54, 1.807) is 0 Å². The monoisotopic (exact) mass is 306 g/mol. The fourth-order valence-corrected chi connectivity index (χ4v) is 3.21. The third-order valence-electron chi connectivity index (χ3n) is 4.21. The number of fused-ring (bicyclic) bond motifs is 1. The minimum atomic E-state index is 0.555. The van der Waals surface area contributed by atoms with Crippen molar-refractivity contribution in [2.75, 3.05) is 33.7 Å². The summed E-state index contributed by atoms with van der Waals surface area (Å²) in [5.41, 5.74) is 2.23. The van der Waals surface area contributed by atoms with Crippen molar-refractivity contribution in [2.45, 2.75) is 25.3 Å². The second-order valence-corrected chi connectivity index (χ2v) is 6.52. The van der Waals surface area contributed by atoms with Gasteiger partial charge in [-0.2, -0.15) is 0 Å². The summed E-state index contributed by atoms with van der Waals surface area (Å²) in [7, 11) is 4.22. The molecule has 1 aliphatic rings. The minimum absolute atomic E-state index is 0.555. The molecule has 1 aromatic carbocycles. The van der Waals surface area contributed by atoms with E-state index in [-0.39, 0.29) is 0 Å². The summed E-state index contributed by atoms with van der Waals surface area (Å²) in [6, 6.07) is 6.04. The van der Waals surface area contributed by atoms with Crippen molar-refractivity contribution in [2.24, 2.45) is 0 Å². The standard InChI is InChI=1S/C16H23ClN4/c1-20(2)9-10-21-15-4-3-13(17)11-14(15)19-16(21)12-5-7-18-8-6-12/h3-4,11-12,18H,5-10H2,1-2H3. The zero-order valence-corrected chi connectivity index (χ0v) is 13.5. The van der Waals surface area contributed by atoms with Crippen LogP contribution >= 0.6 is 11.6 Å². The van der Waals surface area contributed by atoms with E-state index in [9.17, 15) is 0 Å². The Hall–Kier alpha value is -1.10. The van der Waals surface area contributed by atoms with E-state index in [2.05, 4.69) is 34.9 Å². The van der Waals surface area contributed by atoms with Gasteiger partial charge >= 0.3 is 0 Å². The van der Waals surface area contributed by atoms with Crippen molar-refractivity contribution in [3.8, 4) is 0 Å². The summed E-state index contributed by atoms with van der Waals surface area (Å²) >= 11 is 6.13. The summed E-state index contributed by atoms with van der Waals surface area (Å²) in [6.45, 7) is 4.17. The van der Waals surface area contributed by atoms with Gasteiger partial charge in [0.15, 0.2) is 0 Å². The van der Waals surface area contributed by atoms with E-state index >= 15 is 0 Å². The van der Waals surface area contributed by atoms with Crippen LogP contribution in [0.5, 0.6) is 0 Å². The minimum Gasteiger partial charge on any atom is -0.326 e. The number of piperidine rings is 1. The van der Waals surface area contributed by atoms with Gasteiger partial charge in [-0.25, -0.2) is 4.98 Å². The van der Waals surface area contributed by atoms with Gasteiger partial charge in [0.05, 0.1) is 11.0 Å². The molecule has 2 heterocycles. The first-order valence-corrected chi connectivity index (χ1v) is 8.04. The summed E-state index contributed by atoms with van der Waals surface area (Å²) < 4.78 is 2.39. The highest BCUT2D eigenvalue weighted by Gasteiger charge is 2.22. The highest BCUT2D eigenvalue weighted by Crippen LogP contribution is 2.29. The molecule has 1 N–H and O–H groups in total. The molecule has 1 fully saturated rings. The first kappa shape index (κ1) is 14.8. The Kier molecular flexibility index (Phi) is 4.48. The van der Waals surface area contributed by atoms with Gasteiger partial charge in [0.25, 0.3) is 0 Å². The molecule has 1 aliphatic heterocycles. The maximum atomic E-state index is 6.13. The van der Waals surface area contributed by atoms with E-state index in [1.807, 2.05) is 12.1 Å². The van der Waals surface area contributed by atoms with Gasteiger partial charge in [-0.3, -0.25) is 0 Å². The number of halogens is 1. The molecule has 5 heteroatoms. The van der Waals surface area contributed by atoms with Crippen LogP contribution in [0.15, 0.2) is 18.2 Å². The van der Waals surface area contributed by atoms with Crippen LogP contribution in [-0.4, -0.2) is 48.2 Å². The lowest BCUT2D eigenvalue weighted by atomic mass is 9.97. The Morgan fingerprint density at radius 1 is 1.33 bits per heavy atom. The van der Waals surface area contributed by atoms with Crippen LogP contribution in [0, 0.1) is 0 Å². The second-order valence-electron chi connectivity index (χ2n) is 6.08. The number of nitrogens with one attached hydrogen (secondary N) is 1. The molecule has 0 unspecified atom stereocenters. The Labute approximate surface area is 131 Å². The molecule has 0 saturated carbocycles. The van der Waals surface area contributed by atoms with Crippen molar-refractivity contribution >= 4 is 22.6 Å². The molecule has 0 amide bonds. The summed E-state index contributed by atoms with van der Waals surface area (Å²) in [5, 5.41) is 4.19. The lowest BCUT2D eigenvalue weighted by Crippen LogP contribution is -2.29. The van der Waals surface area contributed by atoms with Crippen molar-refractivity contribution < 1.29 is 0 Å². The molecule has 1 aromatic heterocycles. The number of hydrogen-bond acceptors (Lipinski definition) is 3. The average Bonchev–Trinajstić information content (AvgIpc) is 2.83. The first-order chi connectivity index (χ1) is 10.1. The van der Waals surface area contributed by atoms with Crippen LogP contribution in [0.3, 0.4) is 0 Å². The molecule has 1 saturated heterocycles. The van der Waals surface area contributed by atoms with E-state index in [1.165, 1.54) is 24.2 Å². The second kappa shape index (κ2) is 6.34. The van der Waals surface area contributed by atoms with Crippen molar-refractivity contribution in [3.63, 3.8) is 0 Å². The lowest BCUT2D eigenvalue weighted by molar-refractivity contribution is 0.372. The molecule has 0 spiro atoms. The fourth-order valence-electron chi connectivity index (χ4n) is 3.05. The number of rotatable bonds is 4. The molecule has 0 aliphatic carbocycles. The number of likely N-dealkylation sites (N-methyl/N-ethyl adjacent to an activating group) is 1. The van der Waals surface area contributed by atoms with Crippen LogP contribution in [0.4, 0.5) is 0 Å². The maximum Gasteiger partial charge on any atom is 0.113 e. The molecule has 21 heavy (non-hydrogen) atoms. The largest absolute Gasteiger partial charge is 0.326 e. The number of benzene rings is 1. The zero-order chi connectivity index (χ0) is 14.8.